The Morgan fingerprint density at radius 3 is 1.30 bits per heavy atom. The van der Waals surface area contributed by atoms with Gasteiger partial charge in [-0.1, -0.05) is 158 Å². The summed E-state index contributed by atoms with van der Waals surface area (Å²) >= 11 is 0. The van der Waals surface area contributed by atoms with Crippen LogP contribution in [0.3, 0.4) is 0 Å². The van der Waals surface area contributed by atoms with Gasteiger partial charge in [0.05, 0.1) is 0 Å². The molecule has 0 bridgehead atoms. The van der Waals surface area contributed by atoms with Crippen LogP contribution in [0.1, 0.15) is 17.5 Å². The van der Waals surface area contributed by atoms with Crippen LogP contribution >= 0.6 is 0 Å². The minimum absolute atomic E-state index is 1.11. The third-order valence-electron chi connectivity index (χ3n) is 12.4. The highest BCUT2D eigenvalue weighted by Gasteiger charge is 2.16. The summed E-state index contributed by atoms with van der Waals surface area (Å²) in [5.41, 5.74) is 10.3. The van der Waals surface area contributed by atoms with Gasteiger partial charge in [0.1, 0.15) is 0 Å². The summed E-state index contributed by atoms with van der Waals surface area (Å²) in [4.78, 5) is 0. The monoisotopic (exact) mass is 708 g/mol. The van der Waals surface area contributed by atoms with Crippen LogP contribution in [0.25, 0.3) is 115 Å². The lowest BCUT2D eigenvalue weighted by atomic mass is 9.86. The van der Waals surface area contributed by atoms with Crippen LogP contribution in [0.2, 0.25) is 0 Å². The maximum atomic E-state index is 2.40. The van der Waals surface area contributed by atoms with Gasteiger partial charge in [0.2, 0.25) is 0 Å². The molecule has 12 rings (SSSR count). The first-order valence-electron chi connectivity index (χ1n) is 19.8. The van der Waals surface area contributed by atoms with E-state index in [2.05, 4.69) is 194 Å². The minimum atomic E-state index is 1.11. The smallest absolute Gasteiger partial charge is 0.00930 e. The SMILES string of the molecule is C1=Cc2c(c3ccccc3c3cc(-c4ccc5cc(-c6ccc7cc(-c8ccc9ccc%10c%11ccccc%11ccc%10c9c8)ccc7c6)ccc5c4)ccc23)CC1. The van der Waals surface area contributed by atoms with Crippen molar-refractivity contribution >= 4 is 81.5 Å². The molecule has 0 saturated carbocycles. The van der Waals surface area contributed by atoms with Gasteiger partial charge in [0.25, 0.3) is 0 Å². The predicted octanol–water partition coefficient (Wildman–Crippen LogP) is 15.7. The third-order valence-corrected chi connectivity index (χ3v) is 12.4. The van der Waals surface area contributed by atoms with Crippen molar-refractivity contribution in [1.82, 2.24) is 0 Å². The Hall–Kier alpha value is -7.02. The third kappa shape index (κ3) is 4.93. The number of benzene rings is 11. The molecule has 0 fully saturated rings. The molecule has 0 heterocycles. The first-order valence-corrected chi connectivity index (χ1v) is 19.8. The molecule has 11 aromatic carbocycles. The van der Waals surface area contributed by atoms with E-state index >= 15 is 0 Å². The van der Waals surface area contributed by atoms with Gasteiger partial charge in [-0.25, -0.2) is 0 Å². The van der Waals surface area contributed by atoms with Crippen molar-refractivity contribution in [3.63, 3.8) is 0 Å². The molecule has 0 nitrogen and oxygen atoms in total. The van der Waals surface area contributed by atoms with E-state index in [1.165, 1.54) is 120 Å². The van der Waals surface area contributed by atoms with E-state index in [0.717, 1.165) is 12.8 Å². The van der Waals surface area contributed by atoms with Crippen LogP contribution in [0.15, 0.2) is 188 Å². The molecule has 0 atom stereocenters. The zero-order chi connectivity index (χ0) is 36.7. The Bertz CT molecular complexity index is 3470. The molecular weight excluding hydrogens is 673 g/mol. The van der Waals surface area contributed by atoms with Gasteiger partial charge in [-0.2, -0.15) is 0 Å². The lowest BCUT2D eigenvalue weighted by Crippen LogP contribution is -1.97. The molecule has 1 aliphatic carbocycles. The van der Waals surface area contributed by atoms with Gasteiger partial charge >= 0.3 is 0 Å². The fourth-order valence-electron chi connectivity index (χ4n) is 9.57. The van der Waals surface area contributed by atoms with Crippen molar-refractivity contribution in [3.05, 3.63) is 199 Å². The predicted molar refractivity (Wildman–Crippen MR) is 243 cm³/mol. The van der Waals surface area contributed by atoms with Crippen LogP contribution in [0, 0.1) is 0 Å². The Morgan fingerprint density at radius 2 is 0.679 bits per heavy atom. The molecule has 56 heavy (non-hydrogen) atoms. The van der Waals surface area contributed by atoms with E-state index < -0.39 is 0 Å². The molecule has 0 spiro atoms. The summed E-state index contributed by atoms with van der Waals surface area (Å²) < 4.78 is 0. The average molecular weight is 709 g/mol. The number of hydrogen-bond acceptors (Lipinski definition) is 0. The standard InChI is InChI=1S/C56H36/c1-2-8-47-35(7-1)23-27-53-52(47)26-24-36-13-14-45(33-55(36)53)43-21-19-39-29-37(15-17-41(39)31-43)38-16-18-42-32-44(22-20-40(42)30-38)46-25-28-54-50-11-4-3-9-48(50)49-10-5-6-12-51(49)56(54)34-46/h1-2,4-8,10-34H,3,9H2. The average Bonchev–Trinajstić information content (AvgIpc) is 3.27. The first-order chi connectivity index (χ1) is 27.7. The number of hydrogen-bond donors (Lipinski definition) is 0. The van der Waals surface area contributed by atoms with E-state index in [1.807, 2.05) is 0 Å². The molecule has 0 aromatic heterocycles. The molecule has 0 saturated heterocycles. The van der Waals surface area contributed by atoms with Gasteiger partial charge < -0.3 is 0 Å². The molecule has 0 radical (unpaired) electrons. The number of fused-ring (bicyclic) bond motifs is 13. The Labute approximate surface area is 325 Å². The van der Waals surface area contributed by atoms with Crippen molar-refractivity contribution in [2.75, 3.05) is 0 Å². The normalized spacial score (nSPS) is 12.8. The molecule has 260 valence electrons. The van der Waals surface area contributed by atoms with Crippen molar-refractivity contribution in [1.29, 1.82) is 0 Å². The number of rotatable bonds is 3. The fourth-order valence-corrected chi connectivity index (χ4v) is 9.57. The molecule has 0 heteroatoms. The molecule has 0 unspecified atom stereocenters. The highest BCUT2D eigenvalue weighted by Crippen LogP contribution is 2.40. The van der Waals surface area contributed by atoms with Crippen LogP contribution in [-0.4, -0.2) is 0 Å². The van der Waals surface area contributed by atoms with Crippen LogP contribution < -0.4 is 0 Å². The second-order valence-corrected chi connectivity index (χ2v) is 15.6. The van der Waals surface area contributed by atoms with Gasteiger partial charge in [-0.05, 0) is 169 Å². The van der Waals surface area contributed by atoms with Crippen molar-refractivity contribution in [2.45, 2.75) is 12.8 Å². The quantitative estimate of drug-likeness (QED) is 0.160. The van der Waals surface area contributed by atoms with E-state index in [9.17, 15) is 0 Å². The molecule has 0 N–H and O–H groups in total. The van der Waals surface area contributed by atoms with Crippen LogP contribution in [0.5, 0.6) is 0 Å². The maximum Gasteiger partial charge on any atom is -0.00930 e. The highest BCUT2D eigenvalue weighted by molar-refractivity contribution is 6.18. The summed E-state index contributed by atoms with van der Waals surface area (Å²) in [5, 5.41) is 18.2. The zero-order valence-corrected chi connectivity index (χ0v) is 30.9. The van der Waals surface area contributed by atoms with Crippen molar-refractivity contribution < 1.29 is 0 Å². The minimum Gasteiger partial charge on any atom is -0.0836 e. The van der Waals surface area contributed by atoms with E-state index in [4.69, 9.17) is 0 Å². The Kier molecular flexibility index (Phi) is 6.86. The second kappa shape index (κ2) is 12.2. The van der Waals surface area contributed by atoms with Crippen molar-refractivity contribution in [3.8, 4) is 33.4 Å². The Morgan fingerprint density at radius 1 is 0.268 bits per heavy atom. The number of allylic oxidation sites excluding steroid dienone is 1. The van der Waals surface area contributed by atoms with E-state index in [0.29, 0.717) is 0 Å². The summed E-state index contributed by atoms with van der Waals surface area (Å²) in [6, 6.07) is 68.2. The van der Waals surface area contributed by atoms with E-state index in [-0.39, 0.29) is 0 Å². The van der Waals surface area contributed by atoms with Crippen molar-refractivity contribution in [2.24, 2.45) is 0 Å². The molecule has 0 amide bonds. The van der Waals surface area contributed by atoms with Gasteiger partial charge in [-0.15, -0.1) is 0 Å². The van der Waals surface area contributed by atoms with E-state index in [1.54, 1.807) is 0 Å². The topological polar surface area (TPSA) is 0 Å². The summed E-state index contributed by atoms with van der Waals surface area (Å²) in [6.45, 7) is 0. The van der Waals surface area contributed by atoms with Crippen LogP contribution in [-0.2, 0) is 6.42 Å². The Balaban J connectivity index is 0.871. The first kappa shape index (κ1) is 31.3. The summed E-state index contributed by atoms with van der Waals surface area (Å²) in [6.07, 6.45) is 6.89. The maximum absolute atomic E-state index is 2.40. The van der Waals surface area contributed by atoms with Gasteiger partial charge in [-0.3, -0.25) is 0 Å². The summed E-state index contributed by atoms with van der Waals surface area (Å²) in [5.74, 6) is 0. The lowest BCUT2D eigenvalue weighted by molar-refractivity contribution is 1.00. The van der Waals surface area contributed by atoms with Crippen LogP contribution in [0.4, 0.5) is 0 Å². The molecule has 0 aliphatic heterocycles. The molecule has 11 aromatic rings. The fraction of sp³-hybridized carbons (Fsp3) is 0.0357. The second-order valence-electron chi connectivity index (χ2n) is 15.6. The largest absolute Gasteiger partial charge is 0.0836 e. The molecular formula is C56H36. The van der Waals surface area contributed by atoms with Gasteiger partial charge in [0.15, 0.2) is 0 Å². The zero-order valence-electron chi connectivity index (χ0n) is 30.9. The van der Waals surface area contributed by atoms with Gasteiger partial charge in [0, 0.05) is 0 Å². The highest BCUT2D eigenvalue weighted by atomic mass is 14.2. The summed E-state index contributed by atoms with van der Waals surface area (Å²) in [7, 11) is 0. The number of aryl methyl sites for hydroxylation is 1. The molecule has 1 aliphatic rings. The lowest BCUT2D eigenvalue weighted by Gasteiger charge is -2.18.